The van der Waals surface area contributed by atoms with Crippen LogP contribution in [0.25, 0.3) is 55.0 Å². The maximum atomic E-state index is 14.0. The van der Waals surface area contributed by atoms with Crippen LogP contribution >= 0.6 is 0 Å². The minimum Gasteiger partial charge on any atom is -0.416 e. The van der Waals surface area contributed by atoms with E-state index in [-0.39, 0.29) is 36.5 Å². The summed E-state index contributed by atoms with van der Waals surface area (Å²) in [4.78, 5) is 55.3. The third kappa shape index (κ3) is 9.18. The van der Waals surface area contributed by atoms with Crippen LogP contribution in [0.15, 0.2) is 91.1 Å². The predicted octanol–water partition coefficient (Wildman–Crippen LogP) is 9.70. The molecule has 356 valence electrons. The van der Waals surface area contributed by atoms with Crippen LogP contribution in [0.1, 0.15) is 30.7 Å². The van der Waals surface area contributed by atoms with Gasteiger partial charge in [-0.2, -0.15) is 44.2 Å². The fraction of sp³-hybridized carbons (Fsp3) is 0.298. The summed E-state index contributed by atoms with van der Waals surface area (Å²) in [5.74, 6) is -11.4. The highest BCUT2D eigenvalue weighted by molar-refractivity contribution is 6.06. The molecule has 0 saturated carbocycles. The number of likely N-dealkylation sites (tertiary alicyclic amines) is 1. The number of carbonyl (C=O) groups is 3. The first-order valence-electron chi connectivity index (χ1n) is 21.4. The highest BCUT2D eigenvalue weighted by Gasteiger charge is 2.46. The van der Waals surface area contributed by atoms with Crippen molar-refractivity contribution < 1.29 is 68.2 Å². The van der Waals surface area contributed by atoms with Gasteiger partial charge < -0.3 is 29.2 Å². The molecule has 0 aliphatic carbocycles. The Morgan fingerprint density at radius 3 is 1.87 bits per heavy atom. The quantitative estimate of drug-likeness (QED) is 0.0784. The van der Waals surface area contributed by atoms with E-state index < -0.39 is 58.8 Å². The van der Waals surface area contributed by atoms with Crippen molar-refractivity contribution in [1.29, 1.82) is 0 Å². The number of hydrogen-bond acceptors (Lipinski definition) is 9. The second kappa shape index (κ2) is 17.9. The molecule has 2 N–H and O–H groups in total. The van der Waals surface area contributed by atoms with E-state index in [9.17, 15) is 53.9 Å². The molecular formula is C47H39F9N6O6. The fourth-order valence-electron chi connectivity index (χ4n) is 9.03. The molecular weight excluding hydrogens is 916 g/mol. The number of aromatic amines is 2. The highest BCUT2D eigenvalue weighted by Crippen LogP contribution is 2.47. The van der Waals surface area contributed by atoms with Crippen molar-refractivity contribution in [1.82, 2.24) is 24.5 Å². The maximum Gasteiger partial charge on any atom is 0.493 e. The summed E-state index contributed by atoms with van der Waals surface area (Å²) in [5.41, 5.74) is 3.72. The number of anilines is 1. The van der Waals surface area contributed by atoms with Crippen molar-refractivity contribution in [3.05, 3.63) is 103 Å². The van der Waals surface area contributed by atoms with E-state index in [2.05, 4.69) is 24.5 Å². The van der Waals surface area contributed by atoms with Gasteiger partial charge in [0.05, 0.1) is 16.6 Å². The SMILES string of the molecule is O=C(Oc1ccc2c(c1OC(=O)C(F)(F)F)c(-c1ccc(-c3c(CN4CCCCC4)[nH]c4ccccc34)cc1)c(CN1CCN(c3cccc4[nH]ccc34)CC1)n2OC(=O)C(F)(F)F)C(F)(F)F. The number of rotatable bonds is 10. The minimum atomic E-state index is -5.78. The number of carbonyl (C=O) groups excluding carboxylic acids is 3. The Morgan fingerprint density at radius 2 is 1.19 bits per heavy atom. The molecule has 12 nitrogen and oxygen atoms in total. The second-order valence-electron chi connectivity index (χ2n) is 16.5. The van der Waals surface area contributed by atoms with Crippen LogP contribution in [-0.2, 0) is 27.5 Å². The largest absolute Gasteiger partial charge is 0.493 e. The van der Waals surface area contributed by atoms with E-state index in [1.807, 2.05) is 48.5 Å². The summed E-state index contributed by atoms with van der Waals surface area (Å²) in [7, 11) is 0. The van der Waals surface area contributed by atoms with Crippen molar-refractivity contribution in [3.63, 3.8) is 0 Å². The van der Waals surface area contributed by atoms with Crippen molar-refractivity contribution in [2.75, 3.05) is 44.2 Å². The van der Waals surface area contributed by atoms with Crippen LogP contribution in [-0.4, -0.2) is 100 Å². The van der Waals surface area contributed by atoms with E-state index >= 15 is 0 Å². The molecule has 5 heterocycles. The molecule has 9 rings (SSSR count). The number of piperidine rings is 1. The fourth-order valence-corrected chi connectivity index (χ4v) is 9.03. The molecule has 0 unspecified atom stereocenters. The average Bonchev–Trinajstić information content (AvgIpc) is 4.01. The summed E-state index contributed by atoms with van der Waals surface area (Å²) in [6.45, 7) is 3.15. The molecule has 2 fully saturated rings. The molecule has 0 amide bonds. The van der Waals surface area contributed by atoms with Gasteiger partial charge in [0.2, 0.25) is 0 Å². The zero-order valence-corrected chi connectivity index (χ0v) is 35.6. The van der Waals surface area contributed by atoms with E-state index in [1.165, 1.54) is 12.1 Å². The zero-order chi connectivity index (χ0) is 48.1. The van der Waals surface area contributed by atoms with Crippen LogP contribution in [0.3, 0.4) is 0 Å². The molecule has 2 aliphatic heterocycles. The summed E-state index contributed by atoms with van der Waals surface area (Å²) in [6, 6.07) is 22.6. The molecule has 4 aromatic carbocycles. The predicted molar refractivity (Wildman–Crippen MR) is 231 cm³/mol. The number of para-hydroxylation sites is 1. The number of alkyl halides is 9. The second-order valence-corrected chi connectivity index (χ2v) is 16.5. The number of H-pyrrole nitrogens is 2. The summed E-state index contributed by atoms with van der Waals surface area (Å²) < 4.78 is 134. The lowest BCUT2D eigenvalue weighted by molar-refractivity contribution is -0.199. The van der Waals surface area contributed by atoms with Crippen molar-refractivity contribution in [3.8, 4) is 33.8 Å². The Hall–Kier alpha value is -7.00. The first-order chi connectivity index (χ1) is 32.3. The molecule has 21 heteroatoms. The number of aromatic nitrogens is 3. The number of piperazine rings is 1. The first-order valence-corrected chi connectivity index (χ1v) is 21.4. The van der Waals surface area contributed by atoms with Crippen molar-refractivity contribution in [2.45, 2.75) is 50.9 Å². The van der Waals surface area contributed by atoms with Crippen LogP contribution in [0, 0.1) is 0 Å². The molecule has 2 saturated heterocycles. The van der Waals surface area contributed by atoms with Gasteiger partial charge in [0.25, 0.3) is 0 Å². The third-order valence-electron chi connectivity index (χ3n) is 12.1. The third-order valence-corrected chi connectivity index (χ3v) is 12.1. The maximum absolute atomic E-state index is 14.0. The molecule has 0 bridgehead atoms. The number of nitrogens with one attached hydrogen (secondary N) is 2. The van der Waals surface area contributed by atoms with Gasteiger partial charge in [-0.15, -0.1) is 0 Å². The van der Waals surface area contributed by atoms with Crippen LogP contribution < -0.4 is 19.2 Å². The van der Waals surface area contributed by atoms with Gasteiger partial charge in [0.1, 0.15) is 0 Å². The van der Waals surface area contributed by atoms with E-state index in [0.717, 1.165) is 77.2 Å². The Labute approximate surface area is 379 Å². The van der Waals surface area contributed by atoms with Gasteiger partial charge in [0, 0.05) is 89.8 Å². The molecule has 0 spiro atoms. The first kappa shape index (κ1) is 46.1. The average molecular weight is 955 g/mol. The topological polar surface area (TPSA) is 125 Å². The van der Waals surface area contributed by atoms with E-state index in [0.29, 0.717) is 36.0 Å². The number of esters is 2. The number of ether oxygens (including phenoxy) is 2. The van der Waals surface area contributed by atoms with Gasteiger partial charge >= 0.3 is 36.4 Å². The van der Waals surface area contributed by atoms with Gasteiger partial charge in [-0.3, -0.25) is 9.80 Å². The van der Waals surface area contributed by atoms with Gasteiger partial charge in [-0.1, -0.05) is 55.0 Å². The monoisotopic (exact) mass is 954 g/mol. The van der Waals surface area contributed by atoms with Crippen LogP contribution in [0.5, 0.6) is 11.5 Å². The summed E-state index contributed by atoms with van der Waals surface area (Å²) >= 11 is 0. The normalized spacial score (nSPS) is 15.6. The van der Waals surface area contributed by atoms with Gasteiger partial charge in [0.15, 0.2) is 11.5 Å². The number of benzene rings is 4. The Kier molecular flexibility index (Phi) is 12.1. The van der Waals surface area contributed by atoms with Crippen molar-refractivity contribution >= 4 is 56.3 Å². The lowest BCUT2D eigenvalue weighted by Gasteiger charge is -2.36. The molecule has 7 aromatic rings. The van der Waals surface area contributed by atoms with Gasteiger partial charge in [-0.05, 0) is 73.5 Å². The minimum absolute atomic E-state index is 0.0364. The number of hydrogen-bond donors (Lipinski definition) is 2. The number of fused-ring (bicyclic) bond motifs is 3. The zero-order valence-electron chi connectivity index (χ0n) is 35.6. The van der Waals surface area contributed by atoms with E-state index in [4.69, 9.17) is 9.57 Å². The molecule has 2 aliphatic rings. The standard InChI is InChI=1S/C47H39F9N6O6/c48-45(49,50)42(63)66-37-16-15-35-40(41(37)67-43(64)46(51,52)53)39(28-13-11-27(12-14-28)38-30-7-2-3-8-32(30)58-33(38)25-59-19-4-1-5-20-59)36(62(35)68-44(65)47(54,55)56)26-60-21-23-61(24-22-60)34-10-6-9-31-29(34)17-18-57-31/h2-3,6-18,57-58H,1,4-5,19-26H2. The smallest absolute Gasteiger partial charge is 0.416 e. The highest BCUT2D eigenvalue weighted by atomic mass is 19.4. The lowest BCUT2D eigenvalue weighted by atomic mass is 9.96. The number of nitrogens with zero attached hydrogens (tertiary/aromatic N) is 4. The molecule has 0 atom stereocenters. The molecule has 0 radical (unpaired) electrons. The van der Waals surface area contributed by atoms with E-state index in [1.54, 1.807) is 23.2 Å². The number of halogens is 9. The van der Waals surface area contributed by atoms with Crippen LogP contribution in [0.4, 0.5) is 45.2 Å². The molecule has 3 aromatic heterocycles. The Balaban J connectivity index is 1.22. The Bertz CT molecular complexity index is 3030. The summed E-state index contributed by atoms with van der Waals surface area (Å²) in [5, 5.41) is 1.05. The molecule has 68 heavy (non-hydrogen) atoms. The summed E-state index contributed by atoms with van der Waals surface area (Å²) in [6.07, 6.45) is -12.2. The van der Waals surface area contributed by atoms with Crippen LogP contribution in [0.2, 0.25) is 0 Å². The van der Waals surface area contributed by atoms with Gasteiger partial charge in [-0.25, -0.2) is 14.4 Å². The Morgan fingerprint density at radius 1 is 0.574 bits per heavy atom. The lowest BCUT2D eigenvalue weighted by Crippen LogP contribution is -2.46. The van der Waals surface area contributed by atoms with Crippen molar-refractivity contribution in [2.24, 2.45) is 0 Å².